The van der Waals surface area contributed by atoms with Crippen LogP contribution in [0, 0.1) is 86.8 Å². The summed E-state index contributed by atoms with van der Waals surface area (Å²) in [6, 6.07) is 5.32. The minimum absolute atomic E-state index is 0. The lowest BCUT2D eigenvalue weighted by atomic mass is 9.22. The molecule has 16 atom stereocenters. The van der Waals surface area contributed by atoms with Crippen molar-refractivity contribution in [2.45, 2.75) is 164 Å². The van der Waals surface area contributed by atoms with Gasteiger partial charge in [0.1, 0.15) is 47.8 Å². The summed E-state index contributed by atoms with van der Waals surface area (Å²) in [7, 11) is 0. The van der Waals surface area contributed by atoms with Gasteiger partial charge in [-0.3, -0.25) is 40.5 Å². The molecule has 25 heteroatoms. The number of rotatable bonds is 10. The van der Waals surface area contributed by atoms with Crippen LogP contribution in [0.15, 0.2) is 59.7 Å². The molecule has 4 N–H and O–H groups in total. The molecule has 0 radical (unpaired) electrons. The normalized spacial score (nSPS) is 42.6. The summed E-state index contributed by atoms with van der Waals surface area (Å²) in [5.74, 6) is -2.97. The fourth-order valence-electron chi connectivity index (χ4n) is 19.3. The standard InChI is InChI=1S/2C27H30N2O10.H2O/c2*1-23(2)19-17-6-5-7-25-22(38-24(3,4)39-25)27(31)14(10-18(37-23)20(19)26(17,25)27)12-36-21(30)13-8-15(28(32)33)11-16(9-13)29(34)35;/h2*8-11,17-20,22,31H,5-7,12H2,1-4H3;1H2/t2*17-,18+,19-,20-,22-,25+,26+,27+;/m00./s1. The average Bonchev–Trinajstić information content (AvgIpc) is 1.78. The Morgan fingerprint density at radius 2 is 0.873 bits per heavy atom. The smallest absolute Gasteiger partial charge is 0.338 e. The van der Waals surface area contributed by atoms with E-state index in [1.165, 1.54) is 0 Å². The molecule has 0 unspecified atom stereocenters. The fraction of sp³-hybridized carbons (Fsp3) is 0.667. The Morgan fingerprint density at radius 3 is 1.19 bits per heavy atom. The van der Waals surface area contributed by atoms with Gasteiger partial charge in [-0.15, -0.1) is 0 Å². The van der Waals surface area contributed by atoms with Crippen LogP contribution in [0.2, 0.25) is 0 Å². The van der Waals surface area contributed by atoms with Crippen LogP contribution in [0.4, 0.5) is 22.7 Å². The van der Waals surface area contributed by atoms with Gasteiger partial charge in [0.15, 0.2) is 11.6 Å². The second-order valence-electron chi connectivity index (χ2n) is 25.6. The molecule has 8 aliphatic carbocycles. The topological polar surface area (TPSA) is 352 Å². The SMILES string of the molecule is CC1(C)O[C@@H]2[C@]3(O)C(COC(=O)c4cc([N+](=O)[O-])cc([N+](=O)[O-])c4)=C[C@H]4OC(C)(C)[C@@H]5[C@H]4[C@@]34[C@H]5CCC[C@@]24O1.CC1(C)O[C@@H]2[C@]3(O)C(COC(=O)c4cc([N+](=O)[O-])cc([N+](=O)[O-])c4)=C[C@H]4OC(C)(C)[C@@H]5[C@H]4[C@@]34[C@H]5CCC[C@@]24O1.O. The Morgan fingerprint density at radius 1 is 0.544 bits per heavy atom. The highest BCUT2D eigenvalue weighted by Crippen LogP contribution is 2.89. The molecule has 4 saturated heterocycles. The van der Waals surface area contributed by atoms with Crippen molar-refractivity contribution in [2.24, 2.45) is 46.3 Å². The highest BCUT2D eigenvalue weighted by Gasteiger charge is 2.99. The molecule has 14 rings (SSSR count). The molecular weight excluding hydrogens is 1040 g/mol. The zero-order valence-corrected chi connectivity index (χ0v) is 44.6. The summed E-state index contributed by atoms with van der Waals surface area (Å²) in [6.45, 7) is 15.1. The van der Waals surface area contributed by atoms with Crippen LogP contribution in [0.5, 0.6) is 0 Å². The average molecular weight is 1100 g/mol. The van der Waals surface area contributed by atoms with Crippen molar-refractivity contribution in [3.05, 3.63) is 111 Å². The predicted molar refractivity (Wildman–Crippen MR) is 267 cm³/mol. The Labute approximate surface area is 450 Å². The number of fused-ring (bicyclic) bond motifs is 4. The molecule has 0 amide bonds. The fourth-order valence-corrected chi connectivity index (χ4v) is 19.3. The zero-order chi connectivity index (χ0) is 55.8. The summed E-state index contributed by atoms with van der Waals surface area (Å²) >= 11 is 0. The molecular formula is C54H62N4O21. The van der Waals surface area contributed by atoms with E-state index < -0.39 is 123 Å². The Bertz CT molecular complexity index is 2920. The second kappa shape index (κ2) is 16.2. The molecule has 2 aromatic carbocycles. The van der Waals surface area contributed by atoms with Gasteiger partial charge in [0.05, 0.1) is 66.4 Å². The Balaban J connectivity index is 0.000000156. The van der Waals surface area contributed by atoms with Crippen LogP contribution >= 0.6 is 0 Å². The number of ether oxygens (including phenoxy) is 8. The van der Waals surface area contributed by atoms with Gasteiger partial charge in [-0.1, -0.05) is 12.8 Å². The zero-order valence-electron chi connectivity index (χ0n) is 44.6. The van der Waals surface area contributed by atoms with Crippen LogP contribution in [-0.2, 0) is 37.9 Å². The van der Waals surface area contributed by atoms with Crippen molar-refractivity contribution in [1.82, 2.24) is 0 Å². The van der Waals surface area contributed by atoms with E-state index in [-0.39, 0.29) is 77.5 Å². The summed E-state index contributed by atoms with van der Waals surface area (Å²) in [4.78, 5) is 68.0. The molecule has 2 aromatic rings. The van der Waals surface area contributed by atoms with Gasteiger partial charge >= 0.3 is 11.9 Å². The van der Waals surface area contributed by atoms with Crippen LogP contribution < -0.4 is 0 Å². The van der Waals surface area contributed by atoms with E-state index in [1.54, 1.807) is 0 Å². The quantitative estimate of drug-likeness (QED) is 0.118. The molecule has 0 bridgehead atoms. The van der Waals surface area contributed by atoms with Gasteiger partial charge < -0.3 is 53.6 Å². The van der Waals surface area contributed by atoms with Crippen molar-refractivity contribution >= 4 is 34.7 Å². The molecule has 4 spiro atoms. The molecule has 4 heterocycles. The van der Waals surface area contributed by atoms with E-state index >= 15 is 0 Å². The van der Waals surface area contributed by atoms with Crippen LogP contribution in [0.3, 0.4) is 0 Å². The predicted octanol–water partition coefficient (Wildman–Crippen LogP) is 6.06. The first-order chi connectivity index (χ1) is 36.4. The van der Waals surface area contributed by atoms with Crippen molar-refractivity contribution in [1.29, 1.82) is 0 Å². The number of hydrogen-bond acceptors (Lipinski definition) is 20. The number of non-ortho nitro benzene ring substituents is 4. The van der Waals surface area contributed by atoms with E-state index in [9.17, 15) is 60.3 Å². The lowest BCUT2D eigenvalue weighted by Crippen LogP contribution is -2.95. The van der Waals surface area contributed by atoms with Gasteiger partial charge in [-0.05, 0) is 117 Å². The van der Waals surface area contributed by atoms with E-state index in [2.05, 4.69) is 27.7 Å². The van der Waals surface area contributed by atoms with Gasteiger partial charge in [0.2, 0.25) is 0 Å². The van der Waals surface area contributed by atoms with Gasteiger partial charge in [0, 0.05) is 58.1 Å². The van der Waals surface area contributed by atoms with Gasteiger partial charge in [-0.2, -0.15) is 0 Å². The lowest BCUT2D eigenvalue weighted by molar-refractivity contribution is -0.420. The largest absolute Gasteiger partial charge is 0.457 e. The highest BCUT2D eigenvalue weighted by atomic mass is 16.8. The third-order valence-electron chi connectivity index (χ3n) is 20.7. The molecule has 0 aromatic heterocycles. The second-order valence-corrected chi connectivity index (χ2v) is 25.6. The first-order valence-corrected chi connectivity index (χ1v) is 26.6. The molecule has 6 saturated carbocycles. The number of carbonyl (C=O) groups is 2. The van der Waals surface area contributed by atoms with Gasteiger partial charge in [-0.25, -0.2) is 9.59 Å². The first-order valence-electron chi connectivity index (χ1n) is 26.6. The number of esters is 2. The molecule has 4 aliphatic heterocycles. The summed E-state index contributed by atoms with van der Waals surface area (Å²) in [5.41, 5.74) is -8.52. The lowest BCUT2D eigenvalue weighted by Gasteiger charge is -2.83. The van der Waals surface area contributed by atoms with Crippen molar-refractivity contribution < 1.29 is 82.9 Å². The van der Waals surface area contributed by atoms with Crippen LogP contribution in [0.25, 0.3) is 0 Å². The van der Waals surface area contributed by atoms with Crippen molar-refractivity contribution in [2.75, 3.05) is 13.2 Å². The van der Waals surface area contributed by atoms with Crippen molar-refractivity contribution in [3.8, 4) is 0 Å². The minimum atomic E-state index is -1.46. The Kier molecular flexibility index (Phi) is 11.0. The number of carbonyl (C=O) groups excluding carboxylic acids is 2. The maximum atomic E-state index is 13.0. The molecule has 79 heavy (non-hydrogen) atoms. The summed E-state index contributed by atoms with van der Waals surface area (Å²) < 4.78 is 50.3. The highest BCUT2D eigenvalue weighted by molar-refractivity contribution is 5.92. The minimum Gasteiger partial charge on any atom is -0.457 e. The summed E-state index contributed by atoms with van der Waals surface area (Å²) in [5, 5.41) is 70.4. The maximum absolute atomic E-state index is 13.0. The molecule has 10 fully saturated rings. The maximum Gasteiger partial charge on any atom is 0.338 e. The summed E-state index contributed by atoms with van der Waals surface area (Å²) in [6.07, 6.45) is 6.99. The number of nitro benzene ring substituents is 4. The van der Waals surface area contributed by atoms with E-state index in [0.717, 1.165) is 74.9 Å². The molecule has 25 nitrogen and oxygen atoms in total. The number of aliphatic hydroxyl groups is 2. The van der Waals surface area contributed by atoms with E-state index in [0.29, 0.717) is 11.1 Å². The monoisotopic (exact) mass is 1100 g/mol. The third kappa shape index (κ3) is 6.25. The molecule has 12 aliphatic rings. The molecule has 424 valence electrons. The number of nitro groups is 4. The third-order valence-corrected chi connectivity index (χ3v) is 20.7. The van der Waals surface area contributed by atoms with E-state index in [4.69, 9.17) is 37.9 Å². The first kappa shape index (κ1) is 53.7. The van der Waals surface area contributed by atoms with Crippen LogP contribution in [-0.4, -0.2) is 130 Å². The Hall–Kier alpha value is -5.90. The number of nitrogens with zero attached hydrogens (tertiary/aromatic N) is 4. The number of benzene rings is 2. The van der Waals surface area contributed by atoms with E-state index in [1.807, 2.05) is 39.8 Å². The van der Waals surface area contributed by atoms with Crippen molar-refractivity contribution in [3.63, 3.8) is 0 Å². The number of hydrogen-bond donors (Lipinski definition) is 2. The van der Waals surface area contributed by atoms with Gasteiger partial charge in [0.25, 0.3) is 22.7 Å². The van der Waals surface area contributed by atoms with Crippen LogP contribution in [0.1, 0.15) is 115 Å².